The Balaban J connectivity index is 2.97. The summed E-state index contributed by atoms with van der Waals surface area (Å²) in [6, 6.07) is -0.0522. The molecule has 0 radical (unpaired) electrons. The molecule has 3 N–H and O–H groups in total. The van der Waals surface area contributed by atoms with Crippen LogP contribution in [0.25, 0.3) is 0 Å². The predicted octanol–water partition coefficient (Wildman–Crippen LogP) is 1.38. The van der Waals surface area contributed by atoms with Crippen molar-refractivity contribution in [3.05, 3.63) is 18.0 Å². The summed E-state index contributed by atoms with van der Waals surface area (Å²) in [6.07, 6.45) is 3.78. The molecule has 17 heavy (non-hydrogen) atoms. The van der Waals surface area contributed by atoms with Gasteiger partial charge in [-0.2, -0.15) is 5.10 Å². The van der Waals surface area contributed by atoms with E-state index in [0.29, 0.717) is 6.61 Å². The number of aromatic nitrogens is 2. The Kier molecular flexibility index (Phi) is 4.68. The maximum atomic E-state index is 5.84. The van der Waals surface area contributed by atoms with Gasteiger partial charge in [-0.1, -0.05) is 20.8 Å². The monoisotopic (exact) mass is 240 g/mol. The second-order valence-corrected chi connectivity index (χ2v) is 5.33. The summed E-state index contributed by atoms with van der Waals surface area (Å²) in [5.41, 5.74) is 3.89. The lowest BCUT2D eigenvalue weighted by Gasteiger charge is -2.36. The van der Waals surface area contributed by atoms with Crippen LogP contribution in [0.2, 0.25) is 0 Å². The highest BCUT2D eigenvalue weighted by molar-refractivity contribution is 5.13. The number of ether oxygens (including phenoxy) is 1. The Morgan fingerprint density at radius 2 is 2.18 bits per heavy atom. The van der Waals surface area contributed by atoms with Gasteiger partial charge in [0.15, 0.2) is 0 Å². The molecule has 5 nitrogen and oxygen atoms in total. The molecule has 0 amide bonds. The fourth-order valence-electron chi connectivity index (χ4n) is 1.98. The lowest BCUT2D eigenvalue weighted by molar-refractivity contribution is -0.0366. The molecular weight excluding hydrogens is 216 g/mol. The van der Waals surface area contributed by atoms with Gasteiger partial charge in [0.25, 0.3) is 0 Å². The topological polar surface area (TPSA) is 65.1 Å². The zero-order chi connectivity index (χ0) is 13.1. The van der Waals surface area contributed by atoms with E-state index in [2.05, 4.69) is 31.3 Å². The molecular formula is C12H24N4O. The van der Waals surface area contributed by atoms with Crippen LogP contribution >= 0.6 is 0 Å². The van der Waals surface area contributed by atoms with Gasteiger partial charge < -0.3 is 4.74 Å². The van der Waals surface area contributed by atoms with Crippen LogP contribution in [-0.2, 0) is 11.8 Å². The SMILES string of the molecule is CCOC(C(NN)c1cnn(C)c1)C(C)(C)C. The summed E-state index contributed by atoms with van der Waals surface area (Å²) in [4.78, 5) is 0. The minimum absolute atomic E-state index is 0.00157. The maximum Gasteiger partial charge on any atom is 0.0831 e. The zero-order valence-corrected chi connectivity index (χ0v) is 11.4. The molecule has 2 unspecified atom stereocenters. The average Bonchev–Trinajstić information content (AvgIpc) is 2.63. The number of rotatable bonds is 5. The second kappa shape index (κ2) is 5.62. The van der Waals surface area contributed by atoms with E-state index in [4.69, 9.17) is 10.6 Å². The van der Waals surface area contributed by atoms with E-state index >= 15 is 0 Å². The Bertz CT molecular complexity index is 343. The predicted molar refractivity (Wildman–Crippen MR) is 68.1 cm³/mol. The zero-order valence-electron chi connectivity index (χ0n) is 11.4. The van der Waals surface area contributed by atoms with Crippen molar-refractivity contribution in [2.24, 2.45) is 18.3 Å². The first kappa shape index (κ1) is 14.2. The Labute approximate surface area is 103 Å². The third kappa shape index (κ3) is 3.52. The van der Waals surface area contributed by atoms with Gasteiger partial charge in [-0.05, 0) is 12.3 Å². The van der Waals surface area contributed by atoms with Gasteiger partial charge in [0.05, 0.1) is 18.3 Å². The molecule has 0 aromatic carbocycles. The molecule has 1 aromatic rings. The van der Waals surface area contributed by atoms with E-state index in [-0.39, 0.29) is 17.6 Å². The van der Waals surface area contributed by atoms with Crippen molar-refractivity contribution >= 4 is 0 Å². The van der Waals surface area contributed by atoms with Crippen LogP contribution in [0.5, 0.6) is 0 Å². The molecule has 1 rings (SSSR count). The van der Waals surface area contributed by atoms with Crippen molar-refractivity contribution in [3.8, 4) is 0 Å². The van der Waals surface area contributed by atoms with Gasteiger partial charge in [-0.25, -0.2) is 0 Å². The molecule has 0 saturated heterocycles. The molecule has 2 atom stereocenters. The molecule has 0 aliphatic carbocycles. The van der Waals surface area contributed by atoms with E-state index < -0.39 is 0 Å². The number of nitrogens with one attached hydrogen (secondary N) is 1. The van der Waals surface area contributed by atoms with Gasteiger partial charge in [-0.15, -0.1) is 0 Å². The van der Waals surface area contributed by atoms with Gasteiger partial charge in [-0.3, -0.25) is 16.0 Å². The van der Waals surface area contributed by atoms with Crippen LogP contribution in [0, 0.1) is 5.41 Å². The highest BCUT2D eigenvalue weighted by atomic mass is 16.5. The van der Waals surface area contributed by atoms with E-state index in [1.807, 2.05) is 26.4 Å². The van der Waals surface area contributed by atoms with Crippen molar-refractivity contribution in [2.45, 2.75) is 39.8 Å². The lowest BCUT2D eigenvalue weighted by Crippen LogP contribution is -2.44. The fraction of sp³-hybridized carbons (Fsp3) is 0.750. The van der Waals surface area contributed by atoms with E-state index in [1.54, 1.807) is 4.68 Å². The standard InChI is InChI=1S/C12H24N4O/c1-6-17-11(12(2,3)4)10(15-13)9-7-14-16(5)8-9/h7-8,10-11,15H,6,13H2,1-5H3. The number of hydrogen-bond acceptors (Lipinski definition) is 4. The van der Waals surface area contributed by atoms with Crippen molar-refractivity contribution in [2.75, 3.05) is 6.61 Å². The summed E-state index contributed by atoms with van der Waals surface area (Å²) in [6.45, 7) is 9.10. The third-order valence-electron chi connectivity index (χ3n) is 2.77. The van der Waals surface area contributed by atoms with Crippen LogP contribution in [0.1, 0.15) is 39.3 Å². The van der Waals surface area contributed by atoms with Gasteiger partial charge >= 0.3 is 0 Å². The molecule has 5 heteroatoms. The third-order valence-corrected chi connectivity index (χ3v) is 2.77. The lowest BCUT2D eigenvalue weighted by atomic mass is 9.83. The minimum atomic E-state index is -0.0522. The van der Waals surface area contributed by atoms with Crippen LogP contribution < -0.4 is 11.3 Å². The minimum Gasteiger partial charge on any atom is -0.376 e. The van der Waals surface area contributed by atoms with Crippen LogP contribution in [0.15, 0.2) is 12.4 Å². The molecule has 0 bridgehead atoms. The Morgan fingerprint density at radius 3 is 2.53 bits per heavy atom. The molecule has 0 aliphatic heterocycles. The number of aryl methyl sites for hydroxylation is 1. The smallest absolute Gasteiger partial charge is 0.0831 e. The van der Waals surface area contributed by atoms with Crippen molar-refractivity contribution in [1.29, 1.82) is 0 Å². The maximum absolute atomic E-state index is 5.84. The number of nitrogens with zero attached hydrogens (tertiary/aromatic N) is 2. The summed E-state index contributed by atoms with van der Waals surface area (Å²) in [5.74, 6) is 5.67. The largest absolute Gasteiger partial charge is 0.376 e. The van der Waals surface area contributed by atoms with Crippen LogP contribution in [0.3, 0.4) is 0 Å². The van der Waals surface area contributed by atoms with Gasteiger partial charge in [0, 0.05) is 25.4 Å². The Hall–Kier alpha value is -0.910. The molecule has 0 aliphatic rings. The fourth-order valence-corrected chi connectivity index (χ4v) is 1.98. The summed E-state index contributed by atoms with van der Waals surface area (Å²) in [5, 5.41) is 4.18. The van der Waals surface area contributed by atoms with Crippen LogP contribution in [0.4, 0.5) is 0 Å². The number of hydrazine groups is 1. The quantitative estimate of drug-likeness (QED) is 0.603. The van der Waals surface area contributed by atoms with Crippen molar-refractivity contribution in [1.82, 2.24) is 15.2 Å². The first-order valence-electron chi connectivity index (χ1n) is 5.96. The molecule has 0 saturated carbocycles. The molecule has 98 valence electrons. The molecule has 1 heterocycles. The van der Waals surface area contributed by atoms with E-state index in [0.717, 1.165) is 5.56 Å². The average molecular weight is 240 g/mol. The van der Waals surface area contributed by atoms with E-state index in [9.17, 15) is 0 Å². The highest BCUT2D eigenvalue weighted by Crippen LogP contribution is 2.32. The van der Waals surface area contributed by atoms with Crippen molar-refractivity contribution < 1.29 is 4.74 Å². The number of hydrogen-bond donors (Lipinski definition) is 2. The normalized spacial score (nSPS) is 15.9. The molecule has 1 aromatic heterocycles. The summed E-state index contributed by atoms with van der Waals surface area (Å²) in [7, 11) is 1.89. The second-order valence-electron chi connectivity index (χ2n) is 5.33. The summed E-state index contributed by atoms with van der Waals surface area (Å²) < 4.78 is 7.61. The highest BCUT2D eigenvalue weighted by Gasteiger charge is 2.34. The van der Waals surface area contributed by atoms with Gasteiger partial charge in [0.1, 0.15) is 0 Å². The van der Waals surface area contributed by atoms with E-state index in [1.165, 1.54) is 0 Å². The van der Waals surface area contributed by atoms with Crippen molar-refractivity contribution in [3.63, 3.8) is 0 Å². The summed E-state index contributed by atoms with van der Waals surface area (Å²) >= 11 is 0. The number of nitrogens with two attached hydrogens (primary N) is 1. The van der Waals surface area contributed by atoms with Crippen LogP contribution in [-0.4, -0.2) is 22.5 Å². The molecule has 0 fully saturated rings. The molecule has 0 spiro atoms. The van der Waals surface area contributed by atoms with Gasteiger partial charge in [0.2, 0.25) is 0 Å². The first-order chi connectivity index (χ1) is 7.90. The Morgan fingerprint density at radius 1 is 1.53 bits per heavy atom. The first-order valence-corrected chi connectivity index (χ1v) is 5.96.